The largest absolute Gasteiger partial charge is 0.493 e. The Morgan fingerprint density at radius 1 is 1.25 bits per heavy atom. The predicted molar refractivity (Wildman–Crippen MR) is 94.2 cm³/mol. The molecule has 0 aliphatic heterocycles. The van der Waals surface area contributed by atoms with Crippen molar-refractivity contribution in [2.75, 3.05) is 19.0 Å². The first-order valence-electron chi connectivity index (χ1n) is 7.53. The second kappa shape index (κ2) is 8.06. The van der Waals surface area contributed by atoms with Crippen molar-refractivity contribution in [3.05, 3.63) is 65.7 Å². The molecule has 2 N–H and O–H groups in total. The molecule has 0 aromatic heterocycles. The minimum atomic E-state index is -0.926. The van der Waals surface area contributed by atoms with Crippen molar-refractivity contribution in [3.63, 3.8) is 0 Å². The maximum absolute atomic E-state index is 11.0. The van der Waals surface area contributed by atoms with Gasteiger partial charge >= 0.3 is 5.97 Å². The van der Waals surface area contributed by atoms with Gasteiger partial charge in [-0.2, -0.15) is 0 Å². The van der Waals surface area contributed by atoms with Crippen LogP contribution in [-0.2, 0) is 6.54 Å². The van der Waals surface area contributed by atoms with Gasteiger partial charge in [-0.3, -0.25) is 0 Å². The molecule has 0 saturated carbocycles. The molecular formula is C19H21NO4. The van der Waals surface area contributed by atoms with E-state index in [1.807, 2.05) is 25.1 Å². The molecule has 5 nitrogen and oxygen atoms in total. The van der Waals surface area contributed by atoms with Gasteiger partial charge in [0.25, 0.3) is 0 Å². The number of hydrogen-bond acceptors (Lipinski definition) is 4. The van der Waals surface area contributed by atoms with Crippen LogP contribution in [0.5, 0.6) is 11.5 Å². The van der Waals surface area contributed by atoms with Gasteiger partial charge in [-0.15, -0.1) is 0 Å². The van der Waals surface area contributed by atoms with Crippen molar-refractivity contribution in [2.45, 2.75) is 13.5 Å². The maximum Gasteiger partial charge on any atom is 0.335 e. The first-order chi connectivity index (χ1) is 11.5. The van der Waals surface area contributed by atoms with Crippen LogP contribution in [0, 0.1) is 6.92 Å². The Morgan fingerprint density at radius 2 is 2.04 bits per heavy atom. The molecule has 2 rings (SSSR count). The molecule has 0 fully saturated rings. The number of benzene rings is 2. The predicted octanol–water partition coefficient (Wildman–Crippen LogP) is 3.88. The molecule has 24 heavy (non-hydrogen) atoms. The Balaban J connectivity index is 2.09. The van der Waals surface area contributed by atoms with Crippen LogP contribution in [0.4, 0.5) is 5.69 Å². The number of hydrogen-bond donors (Lipinski definition) is 2. The van der Waals surface area contributed by atoms with Crippen molar-refractivity contribution < 1.29 is 19.4 Å². The Kier molecular flexibility index (Phi) is 5.84. The molecule has 0 radical (unpaired) electrons. The SMILES string of the molecule is C=CCOc1ccc(CNc2ccc(C(=O)O)cc2C)cc1OC. The number of anilines is 1. The van der Waals surface area contributed by atoms with Gasteiger partial charge < -0.3 is 19.9 Å². The molecule has 0 heterocycles. The average molecular weight is 327 g/mol. The molecule has 126 valence electrons. The highest BCUT2D eigenvalue weighted by atomic mass is 16.5. The van der Waals surface area contributed by atoms with E-state index in [2.05, 4.69) is 11.9 Å². The van der Waals surface area contributed by atoms with E-state index in [4.69, 9.17) is 14.6 Å². The van der Waals surface area contributed by atoms with Gasteiger partial charge in [0, 0.05) is 12.2 Å². The summed E-state index contributed by atoms with van der Waals surface area (Å²) in [6.07, 6.45) is 1.68. The van der Waals surface area contributed by atoms with Crippen LogP contribution in [0.3, 0.4) is 0 Å². The highest BCUT2D eigenvalue weighted by Gasteiger charge is 2.08. The molecule has 0 bridgehead atoms. The van der Waals surface area contributed by atoms with E-state index in [1.54, 1.807) is 31.4 Å². The molecule has 2 aromatic carbocycles. The first kappa shape index (κ1) is 17.4. The van der Waals surface area contributed by atoms with Gasteiger partial charge in [0.2, 0.25) is 0 Å². The van der Waals surface area contributed by atoms with E-state index in [0.29, 0.717) is 24.7 Å². The fourth-order valence-corrected chi connectivity index (χ4v) is 2.28. The molecule has 0 atom stereocenters. The minimum Gasteiger partial charge on any atom is -0.493 e. The van der Waals surface area contributed by atoms with Gasteiger partial charge in [-0.25, -0.2) is 4.79 Å². The fourth-order valence-electron chi connectivity index (χ4n) is 2.28. The van der Waals surface area contributed by atoms with Crippen LogP contribution in [0.2, 0.25) is 0 Å². The summed E-state index contributed by atoms with van der Waals surface area (Å²) in [5.41, 5.74) is 3.08. The maximum atomic E-state index is 11.0. The van der Waals surface area contributed by atoms with E-state index in [1.165, 1.54) is 0 Å². The highest BCUT2D eigenvalue weighted by Crippen LogP contribution is 2.28. The van der Waals surface area contributed by atoms with E-state index in [0.717, 1.165) is 16.8 Å². The van der Waals surface area contributed by atoms with E-state index in [-0.39, 0.29) is 5.56 Å². The van der Waals surface area contributed by atoms with Gasteiger partial charge in [0.05, 0.1) is 12.7 Å². The lowest BCUT2D eigenvalue weighted by molar-refractivity contribution is 0.0697. The quantitative estimate of drug-likeness (QED) is 0.720. The molecule has 5 heteroatoms. The van der Waals surface area contributed by atoms with Crippen LogP contribution in [-0.4, -0.2) is 24.8 Å². The number of rotatable bonds is 8. The first-order valence-corrected chi connectivity index (χ1v) is 7.53. The van der Waals surface area contributed by atoms with Crippen molar-refractivity contribution >= 4 is 11.7 Å². The molecule has 0 aliphatic rings. The minimum absolute atomic E-state index is 0.281. The van der Waals surface area contributed by atoms with Crippen molar-refractivity contribution in [1.82, 2.24) is 0 Å². The van der Waals surface area contributed by atoms with Crippen LogP contribution >= 0.6 is 0 Å². The van der Waals surface area contributed by atoms with Crippen molar-refractivity contribution in [1.29, 1.82) is 0 Å². The topological polar surface area (TPSA) is 67.8 Å². The summed E-state index contributed by atoms with van der Waals surface area (Å²) < 4.78 is 10.9. The third-order valence-corrected chi connectivity index (χ3v) is 3.54. The molecule has 2 aromatic rings. The number of ether oxygens (including phenoxy) is 2. The summed E-state index contributed by atoms with van der Waals surface area (Å²) in [5.74, 6) is 0.404. The standard InChI is InChI=1S/C19H21NO4/c1-4-9-24-17-8-5-14(11-18(17)23-3)12-20-16-7-6-15(19(21)22)10-13(16)2/h4-8,10-11,20H,1,9,12H2,2-3H3,(H,21,22). The van der Waals surface area contributed by atoms with Crippen molar-refractivity contribution in [2.24, 2.45) is 0 Å². The number of carboxylic acids is 1. The Hall–Kier alpha value is -2.95. The summed E-state index contributed by atoms with van der Waals surface area (Å²) in [7, 11) is 1.60. The zero-order chi connectivity index (χ0) is 17.5. The van der Waals surface area contributed by atoms with Gasteiger partial charge in [-0.1, -0.05) is 18.7 Å². The van der Waals surface area contributed by atoms with Gasteiger partial charge in [0.1, 0.15) is 6.61 Å². The zero-order valence-corrected chi connectivity index (χ0v) is 13.8. The fraction of sp³-hybridized carbons (Fsp3) is 0.211. The van der Waals surface area contributed by atoms with E-state index in [9.17, 15) is 4.79 Å². The third kappa shape index (κ3) is 4.29. The smallest absolute Gasteiger partial charge is 0.335 e. The number of aryl methyl sites for hydroxylation is 1. The molecular weight excluding hydrogens is 306 g/mol. The van der Waals surface area contributed by atoms with Crippen molar-refractivity contribution in [3.8, 4) is 11.5 Å². The lowest BCUT2D eigenvalue weighted by Crippen LogP contribution is -2.04. The van der Waals surface area contributed by atoms with Gasteiger partial charge in [0.15, 0.2) is 11.5 Å². The van der Waals surface area contributed by atoms with E-state index >= 15 is 0 Å². The third-order valence-electron chi connectivity index (χ3n) is 3.54. The Bertz CT molecular complexity index is 740. The number of nitrogens with one attached hydrogen (secondary N) is 1. The number of methoxy groups -OCH3 is 1. The van der Waals surface area contributed by atoms with Crippen LogP contribution in [0.15, 0.2) is 49.1 Å². The summed E-state index contributed by atoms with van der Waals surface area (Å²) in [4.78, 5) is 11.0. The Morgan fingerprint density at radius 3 is 2.67 bits per heavy atom. The molecule has 0 aliphatic carbocycles. The summed E-state index contributed by atoms with van der Waals surface area (Å²) in [6.45, 7) is 6.51. The van der Waals surface area contributed by atoms with Crippen LogP contribution in [0.1, 0.15) is 21.5 Å². The second-order valence-corrected chi connectivity index (χ2v) is 5.27. The summed E-state index contributed by atoms with van der Waals surface area (Å²) in [5, 5.41) is 12.3. The normalized spacial score (nSPS) is 10.1. The zero-order valence-electron chi connectivity index (χ0n) is 13.8. The lowest BCUT2D eigenvalue weighted by Gasteiger charge is -2.13. The van der Waals surface area contributed by atoms with Crippen LogP contribution in [0.25, 0.3) is 0 Å². The summed E-state index contributed by atoms with van der Waals surface area (Å²) >= 11 is 0. The number of aromatic carboxylic acids is 1. The molecule has 0 spiro atoms. The summed E-state index contributed by atoms with van der Waals surface area (Å²) in [6, 6.07) is 10.7. The number of carboxylic acid groups (broad SMARTS) is 1. The number of carbonyl (C=O) groups is 1. The lowest BCUT2D eigenvalue weighted by atomic mass is 10.1. The van der Waals surface area contributed by atoms with E-state index < -0.39 is 5.97 Å². The highest BCUT2D eigenvalue weighted by molar-refractivity contribution is 5.88. The average Bonchev–Trinajstić information content (AvgIpc) is 2.59. The molecule has 0 saturated heterocycles. The van der Waals surface area contributed by atoms with Gasteiger partial charge in [-0.05, 0) is 48.4 Å². The molecule has 0 amide bonds. The monoisotopic (exact) mass is 327 g/mol. The Labute approximate surface area is 141 Å². The second-order valence-electron chi connectivity index (χ2n) is 5.27. The molecule has 0 unspecified atom stereocenters. The van der Waals surface area contributed by atoms with Crippen LogP contribution < -0.4 is 14.8 Å².